The van der Waals surface area contributed by atoms with Crippen LogP contribution in [0.25, 0.3) is 10.4 Å². The van der Waals surface area contributed by atoms with E-state index < -0.39 is 0 Å². The van der Waals surface area contributed by atoms with Crippen molar-refractivity contribution in [2.24, 2.45) is 0 Å². The summed E-state index contributed by atoms with van der Waals surface area (Å²) in [4.78, 5) is 21.8. The van der Waals surface area contributed by atoms with Gasteiger partial charge in [0.25, 0.3) is 0 Å². The van der Waals surface area contributed by atoms with E-state index in [1.807, 2.05) is 43.3 Å². The highest BCUT2D eigenvalue weighted by molar-refractivity contribution is 7.19. The van der Waals surface area contributed by atoms with Crippen molar-refractivity contribution in [3.63, 3.8) is 0 Å². The van der Waals surface area contributed by atoms with E-state index >= 15 is 0 Å². The quantitative estimate of drug-likeness (QED) is 0.742. The summed E-state index contributed by atoms with van der Waals surface area (Å²) in [5.41, 5.74) is 3.03. The number of urea groups is 1. The van der Waals surface area contributed by atoms with Crippen molar-refractivity contribution in [1.82, 2.24) is 15.3 Å². The molecule has 1 aromatic carbocycles. The van der Waals surface area contributed by atoms with E-state index in [4.69, 9.17) is 4.74 Å². The Morgan fingerprint density at radius 3 is 2.88 bits per heavy atom. The molecule has 0 radical (unpaired) electrons. The minimum absolute atomic E-state index is 0.0642. The average molecular weight is 366 g/mol. The number of benzene rings is 1. The molecule has 2 N–H and O–H groups in total. The Bertz CT molecular complexity index is 926. The summed E-state index contributed by atoms with van der Waals surface area (Å²) in [6.07, 6.45) is 4.24. The minimum Gasteiger partial charge on any atom is -0.491 e. The molecule has 4 rings (SSSR count). The molecule has 1 aliphatic heterocycles. The highest BCUT2D eigenvalue weighted by Crippen LogP contribution is 2.32. The molecule has 3 aromatic rings. The van der Waals surface area contributed by atoms with Gasteiger partial charge in [0.05, 0.1) is 16.6 Å². The average Bonchev–Trinajstić information content (AvgIpc) is 3.02. The van der Waals surface area contributed by atoms with E-state index in [0.29, 0.717) is 11.7 Å². The van der Waals surface area contributed by atoms with Gasteiger partial charge in [-0.25, -0.2) is 9.78 Å². The first-order valence-electron chi connectivity index (χ1n) is 8.35. The number of rotatable bonds is 3. The maximum atomic E-state index is 12.3. The van der Waals surface area contributed by atoms with Gasteiger partial charge in [0.1, 0.15) is 12.4 Å². The van der Waals surface area contributed by atoms with Gasteiger partial charge in [-0.3, -0.25) is 10.3 Å². The van der Waals surface area contributed by atoms with Gasteiger partial charge in [-0.1, -0.05) is 29.5 Å². The van der Waals surface area contributed by atoms with Gasteiger partial charge in [-0.15, -0.1) is 0 Å². The van der Waals surface area contributed by atoms with Crippen molar-refractivity contribution in [2.75, 3.05) is 11.9 Å². The number of fused-ring (bicyclic) bond motifs is 1. The zero-order valence-electron chi connectivity index (χ0n) is 14.2. The molecule has 0 spiro atoms. The lowest BCUT2D eigenvalue weighted by molar-refractivity contribution is 0.222. The molecule has 0 saturated carbocycles. The molecular weight excluding hydrogens is 348 g/mol. The predicted molar refractivity (Wildman–Crippen MR) is 102 cm³/mol. The number of hydrogen-bond donors (Lipinski definition) is 2. The maximum absolute atomic E-state index is 12.3. The van der Waals surface area contributed by atoms with Crippen molar-refractivity contribution in [3.8, 4) is 16.2 Å². The maximum Gasteiger partial charge on any atom is 0.321 e. The van der Waals surface area contributed by atoms with E-state index in [-0.39, 0.29) is 12.1 Å². The first-order valence-corrected chi connectivity index (χ1v) is 9.17. The summed E-state index contributed by atoms with van der Waals surface area (Å²) in [6, 6.07) is 11.4. The summed E-state index contributed by atoms with van der Waals surface area (Å²) in [7, 11) is 0. The van der Waals surface area contributed by atoms with Crippen molar-refractivity contribution >= 4 is 22.5 Å². The Balaban J connectivity index is 1.40. The van der Waals surface area contributed by atoms with Gasteiger partial charge in [-0.2, -0.15) is 0 Å². The number of ether oxygens (including phenoxy) is 1. The largest absolute Gasteiger partial charge is 0.491 e. The second-order valence-corrected chi connectivity index (χ2v) is 7.09. The summed E-state index contributed by atoms with van der Waals surface area (Å²) in [5, 5.41) is 6.36. The Hall–Kier alpha value is -2.93. The molecule has 1 atom stereocenters. The number of para-hydroxylation sites is 1. The Kier molecular flexibility index (Phi) is 4.53. The SMILES string of the molecule is Cc1nc(NC(=O)NC2COc3ccccc3C2)sc1-c1ccncc1. The molecule has 1 aliphatic rings. The summed E-state index contributed by atoms with van der Waals surface area (Å²) in [5.74, 6) is 0.892. The first kappa shape index (κ1) is 16.5. The summed E-state index contributed by atoms with van der Waals surface area (Å²) in [6.45, 7) is 2.39. The fraction of sp³-hybridized carbons (Fsp3) is 0.211. The van der Waals surface area contributed by atoms with Gasteiger partial charge < -0.3 is 10.1 Å². The zero-order valence-corrected chi connectivity index (χ0v) is 15.0. The number of carbonyl (C=O) groups excluding carboxylic acids is 1. The van der Waals surface area contributed by atoms with Gasteiger partial charge in [-0.05, 0) is 42.7 Å². The molecule has 0 fully saturated rings. The summed E-state index contributed by atoms with van der Waals surface area (Å²) < 4.78 is 5.71. The highest BCUT2D eigenvalue weighted by Gasteiger charge is 2.21. The van der Waals surface area contributed by atoms with Crippen LogP contribution in [0.2, 0.25) is 0 Å². The lowest BCUT2D eigenvalue weighted by Crippen LogP contribution is -2.44. The van der Waals surface area contributed by atoms with Gasteiger partial charge >= 0.3 is 6.03 Å². The molecule has 0 aliphatic carbocycles. The van der Waals surface area contributed by atoms with Crippen molar-refractivity contribution in [2.45, 2.75) is 19.4 Å². The summed E-state index contributed by atoms with van der Waals surface area (Å²) >= 11 is 1.45. The normalized spacial score (nSPS) is 15.7. The van der Waals surface area contributed by atoms with E-state index in [1.165, 1.54) is 11.3 Å². The second kappa shape index (κ2) is 7.13. The Labute approximate surface area is 155 Å². The fourth-order valence-corrected chi connectivity index (χ4v) is 3.93. The van der Waals surface area contributed by atoms with Crippen LogP contribution < -0.4 is 15.4 Å². The number of amides is 2. The number of nitrogens with zero attached hydrogens (tertiary/aromatic N) is 2. The molecule has 0 bridgehead atoms. The number of nitrogens with one attached hydrogen (secondary N) is 2. The monoisotopic (exact) mass is 366 g/mol. The molecular formula is C19H18N4O2S. The molecule has 0 saturated heterocycles. The number of anilines is 1. The number of pyridine rings is 1. The lowest BCUT2D eigenvalue weighted by atomic mass is 10.0. The van der Waals surface area contributed by atoms with Crippen LogP contribution in [0, 0.1) is 6.92 Å². The molecule has 2 aromatic heterocycles. The Morgan fingerprint density at radius 1 is 1.23 bits per heavy atom. The van der Waals surface area contributed by atoms with E-state index in [1.54, 1.807) is 12.4 Å². The van der Waals surface area contributed by atoms with Crippen LogP contribution in [0.15, 0.2) is 48.8 Å². The molecule has 6 nitrogen and oxygen atoms in total. The van der Waals surface area contributed by atoms with Crippen LogP contribution in [0.3, 0.4) is 0 Å². The molecule has 132 valence electrons. The third kappa shape index (κ3) is 3.52. The van der Waals surface area contributed by atoms with Crippen LogP contribution in [0.4, 0.5) is 9.93 Å². The number of carbonyl (C=O) groups is 1. The number of thiazole rings is 1. The van der Waals surface area contributed by atoms with E-state index in [9.17, 15) is 4.79 Å². The van der Waals surface area contributed by atoms with Crippen molar-refractivity contribution < 1.29 is 9.53 Å². The van der Waals surface area contributed by atoms with Gasteiger partial charge in [0.2, 0.25) is 0 Å². The fourth-order valence-electron chi connectivity index (χ4n) is 2.96. The third-order valence-electron chi connectivity index (χ3n) is 4.17. The highest BCUT2D eigenvalue weighted by atomic mass is 32.1. The Morgan fingerprint density at radius 2 is 2.04 bits per heavy atom. The predicted octanol–water partition coefficient (Wildman–Crippen LogP) is 3.64. The van der Waals surface area contributed by atoms with E-state index in [2.05, 4.69) is 20.6 Å². The zero-order chi connectivity index (χ0) is 17.9. The van der Waals surface area contributed by atoms with Crippen LogP contribution >= 0.6 is 11.3 Å². The van der Waals surface area contributed by atoms with Crippen molar-refractivity contribution in [1.29, 1.82) is 0 Å². The van der Waals surface area contributed by atoms with Crippen LogP contribution in [0.1, 0.15) is 11.3 Å². The number of hydrogen-bond acceptors (Lipinski definition) is 5. The number of aromatic nitrogens is 2. The van der Waals surface area contributed by atoms with Crippen LogP contribution in [-0.4, -0.2) is 28.6 Å². The van der Waals surface area contributed by atoms with Gasteiger partial charge in [0, 0.05) is 12.4 Å². The molecule has 1 unspecified atom stereocenters. The van der Waals surface area contributed by atoms with E-state index in [0.717, 1.165) is 33.9 Å². The lowest BCUT2D eigenvalue weighted by Gasteiger charge is -2.25. The molecule has 3 heterocycles. The van der Waals surface area contributed by atoms with Gasteiger partial charge in [0.15, 0.2) is 5.13 Å². The van der Waals surface area contributed by atoms with Crippen molar-refractivity contribution in [3.05, 3.63) is 60.0 Å². The third-order valence-corrected chi connectivity index (χ3v) is 5.30. The molecule has 26 heavy (non-hydrogen) atoms. The topological polar surface area (TPSA) is 76.1 Å². The van der Waals surface area contributed by atoms with Crippen LogP contribution in [0.5, 0.6) is 5.75 Å². The smallest absolute Gasteiger partial charge is 0.321 e. The number of aryl methyl sites for hydroxylation is 1. The minimum atomic E-state index is -0.270. The molecule has 7 heteroatoms. The standard InChI is InChI=1S/C19H18N4O2S/c1-12-17(13-6-8-20-9-7-13)26-19(21-12)23-18(24)22-15-10-14-4-2-3-5-16(14)25-11-15/h2-9,15H,10-11H2,1H3,(H2,21,22,23,24). The first-order chi connectivity index (χ1) is 12.7. The molecule has 2 amide bonds. The second-order valence-electron chi connectivity index (χ2n) is 6.09. The van der Waals surface area contributed by atoms with Crippen LogP contribution in [-0.2, 0) is 6.42 Å².